The third-order valence-electron chi connectivity index (χ3n) is 4.16. The molecule has 2 heterocycles. The van der Waals surface area contributed by atoms with E-state index >= 15 is 0 Å². The molecule has 0 saturated carbocycles. The van der Waals surface area contributed by atoms with Gasteiger partial charge < -0.3 is 14.9 Å². The van der Waals surface area contributed by atoms with Crippen LogP contribution in [0.2, 0.25) is 0 Å². The molecule has 6 nitrogen and oxygen atoms in total. The number of carbonyl (C=O) groups excluding carboxylic acids is 2. The van der Waals surface area contributed by atoms with Gasteiger partial charge in [-0.05, 0) is 30.7 Å². The lowest BCUT2D eigenvalue weighted by Crippen LogP contribution is -2.45. The molecule has 7 heteroatoms. The van der Waals surface area contributed by atoms with E-state index in [9.17, 15) is 14.4 Å². The molecule has 0 bridgehead atoms. The van der Waals surface area contributed by atoms with Crippen LogP contribution in [-0.2, 0) is 20.8 Å². The Labute approximate surface area is 139 Å². The van der Waals surface area contributed by atoms with Crippen molar-refractivity contribution in [3.63, 3.8) is 0 Å². The Morgan fingerprint density at radius 1 is 1.35 bits per heavy atom. The second-order valence-corrected chi connectivity index (χ2v) is 6.85. The van der Waals surface area contributed by atoms with Crippen molar-refractivity contribution in [1.29, 1.82) is 0 Å². The molecule has 1 N–H and O–H groups in total. The third kappa shape index (κ3) is 5.06. The number of thiophene rings is 1. The highest BCUT2D eigenvalue weighted by Gasteiger charge is 2.27. The van der Waals surface area contributed by atoms with E-state index in [4.69, 9.17) is 5.11 Å². The number of amides is 2. The number of carboxylic acid groups (broad SMARTS) is 1. The van der Waals surface area contributed by atoms with Crippen LogP contribution in [0.3, 0.4) is 0 Å². The van der Waals surface area contributed by atoms with Crippen molar-refractivity contribution in [3.05, 3.63) is 22.4 Å². The van der Waals surface area contributed by atoms with E-state index in [0.717, 1.165) is 4.88 Å². The number of hydrogen-bond donors (Lipinski definition) is 1. The van der Waals surface area contributed by atoms with E-state index in [1.54, 1.807) is 23.3 Å². The van der Waals surface area contributed by atoms with Crippen LogP contribution in [0.15, 0.2) is 17.5 Å². The molecular formula is C16H22N2O4S. The van der Waals surface area contributed by atoms with Crippen LogP contribution in [0.1, 0.15) is 24.1 Å². The lowest BCUT2D eigenvalue weighted by molar-refractivity contribution is -0.146. The molecule has 0 aliphatic carbocycles. The predicted octanol–water partition coefficient (Wildman–Crippen LogP) is 1.46. The van der Waals surface area contributed by atoms with Crippen LogP contribution in [0.5, 0.6) is 0 Å². The van der Waals surface area contributed by atoms with Gasteiger partial charge >= 0.3 is 5.97 Å². The van der Waals surface area contributed by atoms with Crippen LogP contribution in [-0.4, -0.2) is 59.4 Å². The topological polar surface area (TPSA) is 77.9 Å². The molecule has 1 saturated heterocycles. The minimum Gasteiger partial charge on any atom is -0.481 e. The Morgan fingerprint density at radius 2 is 2.04 bits per heavy atom. The first kappa shape index (κ1) is 17.5. The number of piperidine rings is 1. The van der Waals surface area contributed by atoms with Gasteiger partial charge in [-0.3, -0.25) is 14.4 Å². The van der Waals surface area contributed by atoms with Crippen molar-refractivity contribution >= 4 is 29.1 Å². The highest BCUT2D eigenvalue weighted by Crippen LogP contribution is 2.17. The molecule has 1 aromatic heterocycles. The zero-order chi connectivity index (χ0) is 16.8. The quantitative estimate of drug-likeness (QED) is 0.852. The molecule has 1 fully saturated rings. The molecule has 1 aliphatic heterocycles. The number of hydrogen-bond acceptors (Lipinski definition) is 4. The fourth-order valence-electron chi connectivity index (χ4n) is 2.64. The summed E-state index contributed by atoms with van der Waals surface area (Å²) in [5.74, 6) is -1.31. The van der Waals surface area contributed by atoms with E-state index in [2.05, 4.69) is 0 Å². The minimum atomic E-state index is -0.794. The first-order valence-electron chi connectivity index (χ1n) is 7.74. The van der Waals surface area contributed by atoms with Crippen molar-refractivity contribution in [1.82, 2.24) is 9.80 Å². The summed E-state index contributed by atoms with van der Waals surface area (Å²) in [4.78, 5) is 39.5. The lowest BCUT2D eigenvalue weighted by atomic mass is 9.97. The summed E-state index contributed by atoms with van der Waals surface area (Å²) in [5.41, 5.74) is 0. The molecule has 1 aliphatic rings. The Hall–Kier alpha value is -1.89. The smallest absolute Gasteiger partial charge is 0.306 e. The number of carbonyl (C=O) groups is 3. The maximum absolute atomic E-state index is 12.2. The molecule has 0 unspecified atom stereocenters. The van der Waals surface area contributed by atoms with Crippen LogP contribution in [0.25, 0.3) is 0 Å². The lowest BCUT2D eigenvalue weighted by Gasteiger charge is -2.31. The Morgan fingerprint density at radius 3 is 2.61 bits per heavy atom. The molecule has 0 radical (unpaired) electrons. The zero-order valence-corrected chi connectivity index (χ0v) is 14.1. The highest BCUT2D eigenvalue weighted by molar-refractivity contribution is 7.09. The Balaban J connectivity index is 1.73. The van der Waals surface area contributed by atoms with E-state index < -0.39 is 5.97 Å². The van der Waals surface area contributed by atoms with Crippen LogP contribution >= 0.6 is 11.3 Å². The number of aryl methyl sites for hydroxylation is 1. The van der Waals surface area contributed by atoms with E-state index in [1.807, 2.05) is 17.5 Å². The standard InChI is InChI=1S/C16H22N2O4S/c1-17(14(19)5-4-13-3-2-10-23-13)11-15(20)18-8-6-12(7-9-18)16(21)22/h2-3,10,12H,4-9,11H2,1H3,(H,21,22). The summed E-state index contributed by atoms with van der Waals surface area (Å²) < 4.78 is 0. The van der Waals surface area contributed by atoms with Crippen molar-refractivity contribution in [2.75, 3.05) is 26.7 Å². The van der Waals surface area contributed by atoms with Crippen molar-refractivity contribution < 1.29 is 19.5 Å². The third-order valence-corrected chi connectivity index (χ3v) is 5.10. The maximum atomic E-state index is 12.2. The Bertz CT molecular complexity index is 550. The summed E-state index contributed by atoms with van der Waals surface area (Å²) in [6.45, 7) is 0.959. The van der Waals surface area contributed by atoms with Gasteiger partial charge in [0.25, 0.3) is 0 Å². The number of aliphatic carboxylic acids is 1. The number of likely N-dealkylation sites (N-methyl/N-ethyl adjacent to an activating group) is 1. The van der Waals surface area contributed by atoms with Gasteiger partial charge in [0.1, 0.15) is 0 Å². The molecule has 0 aromatic carbocycles. The Kier molecular flexibility index (Phi) is 6.15. The van der Waals surface area contributed by atoms with Gasteiger partial charge in [-0.25, -0.2) is 0 Å². The second-order valence-electron chi connectivity index (χ2n) is 5.82. The van der Waals surface area contributed by atoms with Crippen molar-refractivity contribution in [2.45, 2.75) is 25.7 Å². The fraction of sp³-hybridized carbons (Fsp3) is 0.562. The monoisotopic (exact) mass is 338 g/mol. The van der Waals surface area contributed by atoms with Gasteiger partial charge in [0.15, 0.2) is 0 Å². The molecule has 23 heavy (non-hydrogen) atoms. The normalized spacial score (nSPS) is 15.4. The average molecular weight is 338 g/mol. The number of nitrogens with zero attached hydrogens (tertiary/aromatic N) is 2. The van der Waals surface area contributed by atoms with Gasteiger partial charge in [-0.1, -0.05) is 6.07 Å². The molecule has 2 rings (SSSR count). The van der Waals surface area contributed by atoms with Crippen molar-refractivity contribution in [2.24, 2.45) is 5.92 Å². The number of carboxylic acids is 1. The molecular weight excluding hydrogens is 316 g/mol. The van der Waals surface area contributed by atoms with Crippen LogP contribution in [0, 0.1) is 5.92 Å². The van der Waals surface area contributed by atoms with E-state index in [1.165, 1.54) is 4.90 Å². The van der Waals surface area contributed by atoms with Crippen LogP contribution < -0.4 is 0 Å². The van der Waals surface area contributed by atoms with Crippen molar-refractivity contribution in [3.8, 4) is 0 Å². The predicted molar refractivity (Wildman–Crippen MR) is 87.2 cm³/mol. The van der Waals surface area contributed by atoms with Gasteiger partial charge in [-0.2, -0.15) is 0 Å². The summed E-state index contributed by atoms with van der Waals surface area (Å²) in [7, 11) is 1.64. The van der Waals surface area contributed by atoms with Gasteiger partial charge in [0, 0.05) is 31.4 Å². The first-order chi connectivity index (χ1) is 11.0. The summed E-state index contributed by atoms with van der Waals surface area (Å²) in [5, 5.41) is 10.9. The summed E-state index contributed by atoms with van der Waals surface area (Å²) in [6, 6.07) is 3.95. The molecule has 1 aromatic rings. The molecule has 0 atom stereocenters. The van der Waals surface area contributed by atoms with E-state index in [-0.39, 0.29) is 24.3 Å². The summed E-state index contributed by atoms with van der Waals surface area (Å²) >= 11 is 1.62. The number of likely N-dealkylation sites (tertiary alicyclic amines) is 1. The average Bonchev–Trinajstić information content (AvgIpc) is 3.05. The van der Waals surface area contributed by atoms with Gasteiger partial charge in [0.05, 0.1) is 12.5 Å². The van der Waals surface area contributed by atoms with Crippen LogP contribution in [0.4, 0.5) is 0 Å². The summed E-state index contributed by atoms with van der Waals surface area (Å²) in [6.07, 6.45) is 2.05. The molecule has 2 amide bonds. The maximum Gasteiger partial charge on any atom is 0.306 e. The number of rotatable bonds is 6. The second kappa shape index (κ2) is 8.10. The van der Waals surface area contributed by atoms with E-state index in [0.29, 0.717) is 38.8 Å². The largest absolute Gasteiger partial charge is 0.481 e. The highest BCUT2D eigenvalue weighted by atomic mass is 32.1. The first-order valence-corrected chi connectivity index (χ1v) is 8.62. The van der Waals surface area contributed by atoms with Gasteiger partial charge in [-0.15, -0.1) is 11.3 Å². The SMILES string of the molecule is CN(CC(=O)N1CCC(C(=O)O)CC1)C(=O)CCc1cccs1. The fourth-order valence-corrected chi connectivity index (χ4v) is 3.35. The molecule has 126 valence electrons. The molecule has 0 spiro atoms. The zero-order valence-electron chi connectivity index (χ0n) is 13.2. The minimum absolute atomic E-state index is 0.0489. The van der Waals surface area contributed by atoms with Gasteiger partial charge in [0.2, 0.25) is 11.8 Å².